The molecule has 0 N–H and O–H groups in total. The second kappa shape index (κ2) is 18.3. The van der Waals surface area contributed by atoms with Crippen LogP contribution in [0.2, 0.25) is 0 Å². The van der Waals surface area contributed by atoms with Crippen LogP contribution in [0.5, 0.6) is 5.75 Å². The lowest BCUT2D eigenvalue weighted by molar-refractivity contribution is -0.186. The number of para-hydroxylation sites is 1. The zero-order valence-electron chi connectivity index (χ0n) is 25.5. The molecule has 4 atom stereocenters. The van der Waals surface area contributed by atoms with Crippen molar-refractivity contribution >= 4 is 24.6 Å². The molecule has 0 saturated heterocycles. The number of ether oxygens (including phenoxy) is 6. The molecule has 10 nitrogen and oxygen atoms in total. The molecule has 0 aromatic heterocycles. The minimum Gasteiger partial charge on any atom is -0.502 e. The summed E-state index contributed by atoms with van der Waals surface area (Å²) in [6, 6.07) is 14.5. The Bertz CT molecular complexity index is 1280. The van der Waals surface area contributed by atoms with Gasteiger partial charge in [-0.25, -0.2) is 0 Å². The summed E-state index contributed by atoms with van der Waals surface area (Å²) in [5.41, 5.74) is 1.56. The number of rotatable bonds is 21. The Balaban J connectivity index is 1.69. The molecule has 44 heavy (non-hydrogen) atoms. The summed E-state index contributed by atoms with van der Waals surface area (Å²) in [7, 11) is -3.67. The molecule has 1 aliphatic heterocycles. The first-order valence-electron chi connectivity index (χ1n) is 14.8. The number of esters is 2. The van der Waals surface area contributed by atoms with E-state index in [1.54, 1.807) is 38.1 Å². The van der Waals surface area contributed by atoms with E-state index in [1.165, 1.54) is 12.5 Å². The molecule has 0 amide bonds. The molecule has 0 spiro atoms. The summed E-state index contributed by atoms with van der Waals surface area (Å²) in [4.78, 5) is 26.4. The predicted molar refractivity (Wildman–Crippen MR) is 166 cm³/mol. The van der Waals surface area contributed by atoms with Gasteiger partial charge in [-0.2, -0.15) is 0 Å². The minimum absolute atomic E-state index is 0.267. The molecule has 0 radical (unpaired) electrons. The van der Waals surface area contributed by atoms with Gasteiger partial charge in [0, 0.05) is 5.56 Å². The zero-order chi connectivity index (χ0) is 31.8. The van der Waals surface area contributed by atoms with Gasteiger partial charge in [-0.1, -0.05) is 49.6 Å². The highest BCUT2D eigenvalue weighted by Crippen LogP contribution is 2.55. The predicted octanol–water partition coefficient (Wildman–Crippen LogP) is 6.35. The van der Waals surface area contributed by atoms with Gasteiger partial charge >= 0.3 is 11.9 Å². The van der Waals surface area contributed by atoms with E-state index in [0.717, 1.165) is 24.0 Å². The fraction of sp³-hybridized carbons (Fsp3) is 0.455. The first kappa shape index (κ1) is 34.9. The van der Waals surface area contributed by atoms with Crippen molar-refractivity contribution in [2.75, 3.05) is 32.6 Å². The third-order valence-corrected chi connectivity index (χ3v) is 9.27. The van der Waals surface area contributed by atoms with Crippen molar-refractivity contribution in [3.05, 3.63) is 74.2 Å². The van der Waals surface area contributed by atoms with E-state index < -0.39 is 37.8 Å². The fourth-order valence-corrected chi connectivity index (χ4v) is 7.21. The van der Waals surface area contributed by atoms with E-state index in [0.29, 0.717) is 50.3 Å². The Kier molecular flexibility index (Phi) is 14.5. The molecule has 0 saturated carbocycles. The third kappa shape index (κ3) is 10.8. The summed E-state index contributed by atoms with van der Waals surface area (Å²) in [5.74, 6) is -2.12. The maximum Gasteiger partial charge on any atom is 0.312 e. The molecule has 1 aliphatic rings. The van der Waals surface area contributed by atoms with Crippen molar-refractivity contribution in [3.63, 3.8) is 0 Å². The van der Waals surface area contributed by atoms with Crippen molar-refractivity contribution in [2.45, 2.75) is 58.5 Å². The Morgan fingerprint density at radius 3 is 1.98 bits per heavy atom. The first-order valence-corrected chi connectivity index (χ1v) is 16.6. The smallest absolute Gasteiger partial charge is 0.312 e. The molecule has 0 fully saturated rings. The lowest BCUT2D eigenvalue weighted by Gasteiger charge is -2.30. The molecule has 0 aliphatic carbocycles. The SMILES string of the molecule is C=COCCCCOC(C)OC(=O)CC(CP1(=O)Oc2ccccc2-c2ccccc21)C(=O)OC(C)OCCCCOC=C. The Labute approximate surface area is 259 Å². The van der Waals surface area contributed by atoms with Gasteiger partial charge in [0.1, 0.15) is 5.75 Å². The van der Waals surface area contributed by atoms with Gasteiger partial charge in [-0.15, -0.1) is 0 Å². The van der Waals surface area contributed by atoms with Gasteiger partial charge in [0.05, 0.1) is 62.8 Å². The zero-order valence-corrected chi connectivity index (χ0v) is 26.4. The summed E-state index contributed by atoms with van der Waals surface area (Å²) >= 11 is 0. The molecule has 2 aromatic carbocycles. The monoisotopic (exact) mass is 630 g/mol. The summed E-state index contributed by atoms with van der Waals surface area (Å²) in [6.45, 7) is 11.9. The molecule has 11 heteroatoms. The summed E-state index contributed by atoms with van der Waals surface area (Å²) in [5, 5.41) is 0.480. The topological polar surface area (TPSA) is 116 Å². The Morgan fingerprint density at radius 2 is 1.34 bits per heavy atom. The van der Waals surface area contributed by atoms with E-state index in [2.05, 4.69) is 13.2 Å². The largest absolute Gasteiger partial charge is 0.502 e. The number of hydrogen-bond donors (Lipinski definition) is 0. The standard InChI is InChI=1S/C33H43O10P/c1-5-37-19-11-13-21-39-25(3)41-32(34)23-27(33(35)42-26(4)40-22-14-12-20-38-6-2)24-44(36)31-18-10-8-16-29(31)28-15-7-9-17-30(28)43-44/h5-10,15-18,25-27H,1-2,11-14,19-24H2,3-4H3. The number of hydrogen-bond acceptors (Lipinski definition) is 10. The maximum atomic E-state index is 14.5. The van der Waals surface area contributed by atoms with Crippen LogP contribution in [0.3, 0.4) is 0 Å². The van der Waals surface area contributed by atoms with Crippen molar-refractivity contribution < 1.29 is 47.1 Å². The fourth-order valence-electron chi connectivity index (χ4n) is 4.63. The van der Waals surface area contributed by atoms with Gasteiger partial charge in [0.15, 0.2) is 12.6 Å². The van der Waals surface area contributed by atoms with Crippen LogP contribution in [0.15, 0.2) is 74.2 Å². The highest BCUT2D eigenvalue weighted by Gasteiger charge is 2.41. The van der Waals surface area contributed by atoms with Gasteiger partial charge in [-0.05, 0) is 57.2 Å². The highest BCUT2D eigenvalue weighted by atomic mass is 31.2. The number of carbonyl (C=O) groups excluding carboxylic acids is 2. The van der Waals surface area contributed by atoms with Crippen molar-refractivity contribution in [1.29, 1.82) is 0 Å². The van der Waals surface area contributed by atoms with E-state index in [-0.39, 0.29) is 12.6 Å². The van der Waals surface area contributed by atoms with Gasteiger partial charge in [0.25, 0.3) is 7.37 Å². The first-order chi connectivity index (χ1) is 21.3. The quantitative estimate of drug-likeness (QED) is 0.0508. The summed E-state index contributed by atoms with van der Waals surface area (Å²) < 4.78 is 53.0. The van der Waals surface area contributed by atoms with Crippen LogP contribution in [0.25, 0.3) is 11.1 Å². The Hall–Kier alpha value is -3.59. The van der Waals surface area contributed by atoms with E-state index in [4.69, 9.17) is 32.9 Å². The van der Waals surface area contributed by atoms with Crippen molar-refractivity contribution in [1.82, 2.24) is 0 Å². The second-order valence-electron chi connectivity index (χ2n) is 10.2. The van der Waals surface area contributed by atoms with Crippen LogP contribution in [0.1, 0.15) is 46.0 Å². The Morgan fingerprint density at radius 1 is 0.795 bits per heavy atom. The van der Waals surface area contributed by atoms with Gasteiger partial charge in [0.2, 0.25) is 0 Å². The lowest BCUT2D eigenvalue weighted by Crippen LogP contribution is -2.33. The average molecular weight is 631 g/mol. The molecular formula is C33H43O10P. The van der Waals surface area contributed by atoms with Gasteiger partial charge in [-0.3, -0.25) is 14.2 Å². The van der Waals surface area contributed by atoms with Crippen LogP contribution >= 0.6 is 7.37 Å². The molecule has 240 valence electrons. The maximum absolute atomic E-state index is 14.5. The molecule has 2 aromatic rings. The number of fused-ring (bicyclic) bond motifs is 3. The lowest BCUT2D eigenvalue weighted by atomic mass is 10.0. The average Bonchev–Trinajstić information content (AvgIpc) is 3.00. The van der Waals surface area contributed by atoms with Crippen LogP contribution in [-0.2, 0) is 42.6 Å². The van der Waals surface area contributed by atoms with E-state index in [9.17, 15) is 14.2 Å². The van der Waals surface area contributed by atoms with Crippen LogP contribution in [0, 0.1) is 5.92 Å². The van der Waals surface area contributed by atoms with Crippen molar-refractivity contribution in [2.24, 2.45) is 5.92 Å². The van der Waals surface area contributed by atoms with E-state index >= 15 is 0 Å². The molecule has 3 rings (SSSR count). The highest BCUT2D eigenvalue weighted by molar-refractivity contribution is 7.67. The minimum atomic E-state index is -3.67. The molecular weight excluding hydrogens is 587 g/mol. The molecule has 0 bridgehead atoms. The molecule has 1 heterocycles. The number of benzene rings is 2. The third-order valence-electron chi connectivity index (χ3n) is 6.73. The van der Waals surface area contributed by atoms with Crippen LogP contribution < -0.4 is 9.83 Å². The molecule has 4 unspecified atom stereocenters. The van der Waals surface area contributed by atoms with E-state index in [1.807, 2.05) is 24.3 Å². The normalized spacial score (nSPS) is 17.0. The number of unbranched alkanes of at least 4 members (excludes halogenated alkanes) is 2. The second-order valence-corrected chi connectivity index (χ2v) is 12.5. The van der Waals surface area contributed by atoms with Crippen LogP contribution in [-0.4, -0.2) is 57.1 Å². The number of carbonyl (C=O) groups is 2. The van der Waals surface area contributed by atoms with Gasteiger partial charge < -0.3 is 32.9 Å². The van der Waals surface area contributed by atoms with Crippen LogP contribution in [0.4, 0.5) is 0 Å². The summed E-state index contributed by atoms with van der Waals surface area (Å²) in [6.07, 6.45) is 3.24. The van der Waals surface area contributed by atoms with Crippen molar-refractivity contribution in [3.8, 4) is 16.9 Å².